The van der Waals surface area contributed by atoms with Crippen molar-refractivity contribution in [3.05, 3.63) is 59.4 Å². The number of hydrazone groups is 1. The molecule has 0 aromatic heterocycles. The van der Waals surface area contributed by atoms with E-state index >= 15 is 0 Å². The summed E-state index contributed by atoms with van der Waals surface area (Å²) < 4.78 is 12.8. The highest BCUT2D eigenvalue weighted by Gasteiger charge is 2.09. The SMILES string of the molecule is C/C(=N/Nc1ccc(F)cc1)c1ccc(O)c(C(N)=O)c1. The first kappa shape index (κ1) is 14.5. The van der Waals surface area contributed by atoms with Crippen molar-refractivity contribution in [2.24, 2.45) is 10.8 Å². The van der Waals surface area contributed by atoms with Crippen LogP contribution in [-0.4, -0.2) is 16.7 Å². The first-order valence-corrected chi connectivity index (χ1v) is 6.16. The highest BCUT2D eigenvalue weighted by Crippen LogP contribution is 2.18. The number of anilines is 1. The van der Waals surface area contributed by atoms with Gasteiger partial charge in [0.2, 0.25) is 0 Å². The fourth-order valence-corrected chi connectivity index (χ4v) is 1.70. The van der Waals surface area contributed by atoms with E-state index in [0.717, 1.165) is 0 Å². The third kappa shape index (κ3) is 3.56. The molecule has 2 rings (SSSR count). The number of halogens is 1. The first-order valence-electron chi connectivity index (χ1n) is 6.16. The molecule has 108 valence electrons. The third-order valence-corrected chi connectivity index (χ3v) is 2.88. The average Bonchev–Trinajstić information content (AvgIpc) is 2.46. The van der Waals surface area contributed by atoms with Crippen LogP contribution in [0.5, 0.6) is 5.75 Å². The van der Waals surface area contributed by atoms with Crippen LogP contribution in [0, 0.1) is 5.82 Å². The molecule has 0 saturated carbocycles. The number of rotatable bonds is 4. The van der Waals surface area contributed by atoms with Crippen LogP contribution in [-0.2, 0) is 0 Å². The molecule has 5 nitrogen and oxygen atoms in total. The Morgan fingerprint density at radius 1 is 1.24 bits per heavy atom. The molecule has 0 saturated heterocycles. The van der Waals surface area contributed by atoms with Crippen molar-refractivity contribution >= 4 is 17.3 Å². The lowest BCUT2D eigenvalue weighted by atomic mass is 10.1. The van der Waals surface area contributed by atoms with Gasteiger partial charge in [-0.05, 0) is 55.0 Å². The number of amides is 1. The summed E-state index contributed by atoms with van der Waals surface area (Å²) in [4.78, 5) is 11.2. The standard InChI is InChI=1S/C15H14FN3O2/c1-9(18-19-12-5-3-11(16)4-6-12)10-2-7-14(20)13(8-10)15(17)21/h2-8,19-20H,1H3,(H2,17,21)/b18-9-. The van der Waals surface area contributed by atoms with Crippen molar-refractivity contribution in [3.63, 3.8) is 0 Å². The molecule has 21 heavy (non-hydrogen) atoms. The Morgan fingerprint density at radius 2 is 1.90 bits per heavy atom. The number of primary amides is 1. The van der Waals surface area contributed by atoms with Gasteiger partial charge in [-0.2, -0.15) is 5.10 Å². The first-order chi connectivity index (χ1) is 9.97. The van der Waals surface area contributed by atoms with Gasteiger partial charge in [0.05, 0.1) is 17.0 Å². The van der Waals surface area contributed by atoms with Gasteiger partial charge in [0, 0.05) is 0 Å². The van der Waals surface area contributed by atoms with Crippen LogP contribution in [0.25, 0.3) is 0 Å². The zero-order chi connectivity index (χ0) is 15.4. The number of nitrogens with two attached hydrogens (primary N) is 1. The Kier molecular flexibility index (Phi) is 4.18. The van der Waals surface area contributed by atoms with Crippen LogP contribution in [0.1, 0.15) is 22.8 Å². The molecule has 6 heteroatoms. The van der Waals surface area contributed by atoms with Gasteiger partial charge in [-0.25, -0.2) is 4.39 Å². The molecule has 0 fully saturated rings. The van der Waals surface area contributed by atoms with E-state index in [2.05, 4.69) is 10.5 Å². The zero-order valence-corrected chi connectivity index (χ0v) is 11.3. The smallest absolute Gasteiger partial charge is 0.252 e. The lowest BCUT2D eigenvalue weighted by Crippen LogP contribution is -2.12. The summed E-state index contributed by atoms with van der Waals surface area (Å²) in [7, 11) is 0. The lowest BCUT2D eigenvalue weighted by Gasteiger charge is -2.06. The maximum Gasteiger partial charge on any atom is 0.252 e. The second kappa shape index (κ2) is 6.04. The van der Waals surface area contributed by atoms with Crippen molar-refractivity contribution in [1.82, 2.24) is 0 Å². The number of nitrogens with zero attached hydrogens (tertiary/aromatic N) is 1. The normalized spacial score (nSPS) is 11.2. The molecule has 0 spiro atoms. The summed E-state index contributed by atoms with van der Waals surface area (Å²) in [5.74, 6) is -1.22. The molecule has 0 unspecified atom stereocenters. The van der Waals surface area contributed by atoms with Gasteiger partial charge in [-0.3, -0.25) is 10.2 Å². The van der Waals surface area contributed by atoms with Crippen LogP contribution in [0.2, 0.25) is 0 Å². The number of aromatic hydroxyl groups is 1. The summed E-state index contributed by atoms with van der Waals surface area (Å²) in [6.07, 6.45) is 0. The van der Waals surface area contributed by atoms with Crippen molar-refractivity contribution in [2.45, 2.75) is 6.92 Å². The fourth-order valence-electron chi connectivity index (χ4n) is 1.70. The van der Waals surface area contributed by atoms with E-state index in [1.807, 2.05) is 0 Å². The van der Waals surface area contributed by atoms with Crippen LogP contribution < -0.4 is 11.2 Å². The van der Waals surface area contributed by atoms with Crippen LogP contribution in [0.15, 0.2) is 47.6 Å². The minimum Gasteiger partial charge on any atom is -0.507 e. The number of benzene rings is 2. The highest BCUT2D eigenvalue weighted by molar-refractivity contribution is 6.03. The largest absolute Gasteiger partial charge is 0.507 e. The van der Waals surface area contributed by atoms with E-state index in [-0.39, 0.29) is 17.1 Å². The molecule has 2 aromatic carbocycles. The van der Waals surface area contributed by atoms with E-state index in [0.29, 0.717) is 17.0 Å². The van der Waals surface area contributed by atoms with Crippen LogP contribution in [0.3, 0.4) is 0 Å². The fraction of sp³-hybridized carbons (Fsp3) is 0.0667. The van der Waals surface area contributed by atoms with Gasteiger partial charge >= 0.3 is 0 Å². The van der Waals surface area contributed by atoms with Crippen LogP contribution in [0.4, 0.5) is 10.1 Å². The van der Waals surface area contributed by atoms with Gasteiger partial charge in [-0.15, -0.1) is 0 Å². The Hall–Kier alpha value is -2.89. The Morgan fingerprint density at radius 3 is 2.52 bits per heavy atom. The highest BCUT2D eigenvalue weighted by atomic mass is 19.1. The number of nitrogens with one attached hydrogen (secondary N) is 1. The number of carbonyl (C=O) groups is 1. The minimum absolute atomic E-state index is 0.0313. The maximum absolute atomic E-state index is 12.8. The molecular weight excluding hydrogens is 273 g/mol. The molecule has 0 bridgehead atoms. The predicted octanol–water partition coefficient (Wildman–Crippen LogP) is 2.47. The quantitative estimate of drug-likeness (QED) is 0.596. The Bertz CT molecular complexity index is 697. The molecule has 2 aromatic rings. The van der Waals surface area contributed by atoms with E-state index < -0.39 is 5.91 Å². The number of hydrogen-bond acceptors (Lipinski definition) is 4. The molecule has 0 aliphatic heterocycles. The van der Waals surface area contributed by atoms with Crippen LogP contribution >= 0.6 is 0 Å². The monoisotopic (exact) mass is 287 g/mol. The Balaban J connectivity index is 2.21. The van der Waals surface area contributed by atoms with Crippen molar-refractivity contribution in [3.8, 4) is 5.75 Å². The number of carbonyl (C=O) groups excluding carboxylic acids is 1. The van der Waals surface area contributed by atoms with Crippen molar-refractivity contribution < 1.29 is 14.3 Å². The lowest BCUT2D eigenvalue weighted by molar-refractivity contribution is 0.0997. The summed E-state index contributed by atoms with van der Waals surface area (Å²) in [5.41, 5.74) is 9.83. The second-order valence-corrected chi connectivity index (χ2v) is 4.41. The molecule has 0 atom stereocenters. The molecule has 0 heterocycles. The summed E-state index contributed by atoms with van der Waals surface area (Å²) >= 11 is 0. The number of phenols is 1. The van der Waals surface area contributed by atoms with Gasteiger partial charge in [0.25, 0.3) is 5.91 Å². The Labute approximate surface area is 120 Å². The topological polar surface area (TPSA) is 87.7 Å². The zero-order valence-electron chi connectivity index (χ0n) is 11.3. The van der Waals surface area contributed by atoms with Gasteiger partial charge in [-0.1, -0.05) is 0 Å². The maximum atomic E-state index is 12.8. The molecule has 0 aliphatic rings. The summed E-state index contributed by atoms with van der Waals surface area (Å²) in [5, 5.41) is 13.7. The predicted molar refractivity (Wildman–Crippen MR) is 78.9 cm³/mol. The molecule has 4 N–H and O–H groups in total. The molecule has 0 radical (unpaired) electrons. The van der Waals surface area contributed by atoms with E-state index in [1.54, 1.807) is 25.1 Å². The van der Waals surface area contributed by atoms with E-state index in [9.17, 15) is 14.3 Å². The van der Waals surface area contributed by atoms with Gasteiger partial charge in [0.15, 0.2) is 0 Å². The van der Waals surface area contributed by atoms with Gasteiger partial charge in [0.1, 0.15) is 11.6 Å². The average molecular weight is 287 g/mol. The minimum atomic E-state index is -0.714. The van der Waals surface area contributed by atoms with E-state index in [4.69, 9.17) is 5.73 Å². The summed E-state index contributed by atoms with van der Waals surface area (Å²) in [6.45, 7) is 1.73. The van der Waals surface area contributed by atoms with E-state index in [1.165, 1.54) is 24.3 Å². The third-order valence-electron chi connectivity index (χ3n) is 2.88. The molecule has 0 aliphatic carbocycles. The molecule has 1 amide bonds. The second-order valence-electron chi connectivity index (χ2n) is 4.41. The van der Waals surface area contributed by atoms with Crippen molar-refractivity contribution in [2.75, 3.05) is 5.43 Å². The number of hydrogen-bond donors (Lipinski definition) is 3. The molecular formula is C15H14FN3O2. The van der Waals surface area contributed by atoms with Gasteiger partial charge < -0.3 is 10.8 Å². The van der Waals surface area contributed by atoms with Crippen molar-refractivity contribution in [1.29, 1.82) is 0 Å². The summed E-state index contributed by atoms with van der Waals surface area (Å²) in [6, 6.07) is 10.2.